The largest absolute Gasteiger partial charge is 0.497 e. The highest BCUT2D eigenvalue weighted by Gasteiger charge is 2.06. The van der Waals surface area contributed by atoms with E-state index in [0.717, 1.165) is 31.0 Å². The molecule has 2 N–H and O–H groups in total. The minimum atomic E-state index is 0.691. The van der Waals surface area contributed by atoms with Crippen LogP contribution in [0, 0.1) is 0 Å². The Morgan fingerprint density at radius 2 is 1.94 bits per heavy atom. The summed E-state index contributed by atoms with van der Waals surface area (Å²) in [6.45, 7) is 2.58. The van der Waals surface area contributed by atoms with Gasteiger partial charge in [0.15, 0.2) is 0 Å². The summed E-state index contributed by atoms with van der Waals surface area (Å²) in [5.41, 5.74) is 6.70. The molecule has 0 spiro atoms. The first-order chi connectivity index (χ1) is 8.21. The number of nitrogens with zero attached hydrogens (tertiary/aromatic N) is 1. The van der Waals surface area contributed by atoms with Gasteiger partial charge < -0.3 is 20.1 Å². The van der Waals surface area contributed by atoms with Crippen molar-refractivity contribution in [3.05, 3.63) is 23.8 Å². The zero-order chi connectivity index (χ0) is 12.7. The van der Waals surface area contributed by atoms with Crippen LogP contribution in [0.15, 0.2) is 18.2 Å². The minimum Gasteiger partial charge on any atom is -0.497 e. The van der Waals surface area contributed by atoms with Crippen molar-refractivity contribution in [1.29, 1.82) is 0 Å². The van der Waals surface area contributed by atoms with Crippen molar-refractivity contribution in [3.8, 4) is 11.5 Å². The molecule has 0 atom stereocenters. The Kier molecular flexibility index (Phi) is 5.80. The molecule has 0 unspecified atom stereocenters. The Morgan fingerprint density at radius 3 is 2.53 bits per heavy atom. The number of likely N-dealkylation sites (N-methyl/N-ethyl adjacent to an activating group) is 1. The van der Waals surface area contributed by atoms with Gasteiger partial charge in [0.05, 0.1) is 14.2 Å². The van der Waals surface area contributed by atoms with E-state index >= 15 is 0 Å². The summed E-state index contributed by atoms with van der Waals surface area (Å²) < 4.78 is 10.5. The van der Waals surface area contributed by atoms with Gasteiger partial charge in [0.2, 0.25) is 0 Å². The zero-order valence-electron chi connectivity index (χ0n) is 10.9. The average molecular weight is 238 g/mol. The smallest absolute Gasteiger partial charge is 0.125 e. The van der Waals surface area contributed by atoms with E-state index in [1.807, 2.05) is 18.2 Å². The molecule has 0 aliphatic heterocycles. The van der Waals surface area contributed by atoms with Crippen LogP contribution in [-0.2, 0) is 6.42 Å². The average Bonchev–Trinajstić information content (AvgIpc) is 2.36. The maximum absolute atomic E-state index is 5.51. The number of nitrogens with two attached hydrogens (primary N) is 1. The standard InChI is InChI=1S/C13H22N2O2/c1-15(9-7-14)8-6-11-4-5-12(16-2)10-13(11)17-3/h4-5,10H,6-9,14H2,1-3H3. The molecule has 0 saturated carbocycles. The van der Waals surface area contributed by atoms with Crippen LogP contribution < -0.4 is 15.2 Å². The van der Waals surface area contributed by atoms with Crippen molar-refractivity contribution < 1.29 is 9.47 Å². The second kappa shape index (κ2) is 7.14. The lowest BCUT2D eigenvalue weighted by molar-refractivity contribution is 0.343. The predicted octanol–water partition coefficient (Wildman–Crippen LogP) is 1.14. The van der Waals surface area contributed by atoms with E-state index in [0.29, 0.717) is 6.54 Å². The number of rotatable bonds is 7. The van der Waals surface area contributed by atoms with Gasteiger partial charge >= 0.3 is 0 Å². The first-order valence-electron chi connectivity index (χ1n) is 5.80. The Balaban J connectivity index is 2.63. The topological polar surface area (TPSA) is 47.7 Å². The summed E-state index contributed by atoms with van der Waals surface area (Å²) in [4.78, 5) is 2.21. The van der Waals surface area contributed by atoms with Gasteiger partial charge in [-0.1, -0.05) is 6.07 Å². The zero-order valence-corrected chi connectivity index (χ0v) is 10.9. The van der Waals surface area contributed by atoms with E-state index in [2.05, 4.69) is 11.9 Å². The van der Waals surface area contributed by atoms with Gasteiger partial charge in [-0.25, -0.2) is 0 Å². The lowest BCUT2D eigenvalue weighted by atomic mass is 10.1. The summed E-state index contributed by atoms with van der Waals surface area (Å²) in [6, 6.07) is 5.92. The molecule has 4 heteroatoms. The van der Waals surface area contributed by atoms with Crippen molar-refractivity contribution in [3.63, 3.8) is 0 Å². The van der Waals surface area contributed by atoms with Crippen LogP contribution in [-0.4, -0.2) is 45.8 Å². The summed E-state index contributed by atoms with van der Waals surface area (Å²) >= 11 is 0. The van der Waals surface area contributed by atoms with E-state index < -0.39 is 0 Å². The second-order valence-corrected chi connectivity index (χ2v) is 4.02. The molecule has 1 aromatic rings. The normalized spacial score (nSPS) is 10.6. The first kappa shape index (κ1) is 13.8. The molecule has 0 aliphatic carbocycles. The van der Waals surface area contributed by atoms with E-state index in [-0.39, 0.29) is 0 Å². The van der Waals surface area contributed by atoms with Crippen LogP contribution in [0.3, 0.4) is 0 Å². The quantitative estimate of drug-likeness (QED) is 0.774. The maximum Gasteiger partial charge on any atom is 0.125 e. The van der Waals surface area contributed by atoms with Gasteiger partial charge in [-0.15, -0.1) is 0 Å². The lowest BCUT2D eigenvalue weighted by Crippen LogP contribution is -2.27. The van der Waals surface area contributed by atoms with Crippen LogP contribution in [0.25, 0.3) is 0 Å². The fraction of sp³-hybridized carbons (Fsp3) is 0.538. The van der Waals surface area contributed by atoms with Gasteiger partial charge in [0, 0.05) is 25.7 Å². The fourth-order valence-corrected chi connectivity index (χ4v) is 1.70. The fourth-order valence-electron chi connectivity index (χ4n) is 1.70. The molecule has 0 aliphatic rings. The monoisotopic (exact) mass is 238 g/mol. The molecule has 0 amide bonds. The highest BCUT2D eigenvalue weighted by molar-refractivity contribution is 5.40. The molecule has 96 valence electrons. The van der Waals surface area contributed by atoms with Crippen LogP contribution in [0.2, 0.25) is 0 Å². The van der Waals surface area contributed by atoms with Crippen molar-refractivity contribution in [2.24, 2.45) is 5.73 Å². The lowest BCUT2D eigenvalue weighted by Gasteiger charge is -2.16. The summed E-state index contributed by atoms with van der Waals surface area (Å²) in [6.07, 6.45) is 0.948. The SMILES string of the molecule is COc1ccc(CCN(C)CCN)c(OC)c1. The number of ether oxygens (including phenoxy) is 2. The molecule has 1 aromatic carbocycles. The van der Waals surface area contributed by atoms with Crippen molar-refractivity contribution in [2.45, 2.75) is 6.42 Å². The van der Waals surface area contributed by atoms with Crippen LogP contribution in [0.1, 0.15) is 5.56 Å². The molecular formula is C13H22N2O2. The highest BCUT2D eigenvalue weighted by atomic mass is 16.5. The number of methoxy groups -OCH3 is 2. The van der Waals surface area contributed by atoms with Crippen LogP contribution in [0.5, 0.6) is 11.5 Å². The Bertz CT molecular complexity index is 342. The number of hydrogen-bond acceptors (Lipinski definition) is 4. The predicted molar refractivity (Wildman–Crippen MR) is 69.8 cm³/mol. The molecule has 4 nitrogen and oxygen atoms in total. The van der Waals surface area contributed by atoms with Crippen molar-refractivity contribution >= 4 is 0 Å². The molecule has 0 heterocycles. The molecule has 0 fully saturated rings. The van der Waals surface area contributed by atoms with Crippen LogP contribution >= 0.6 is 0 Å². The third-order valence-corrected chi connectivity index (χ3v) is 2.77. The van der Waals surface area contributed by atoms with Gasteiger partial charge in [0.25, 0.3) is 0 Å². The minimum absolute atomic E-state index is 0.691. The molecular weight excluding hydrogens is 216 g/mol. The maximum atomic E-state index is 5.51. The Labute approximate surface area is 103 Å². The molecule has 0 bridgehead atoms. The molecule has 1 rings (SSSR count). The van der Waals surface area contributed by atoms with Gasteiger partial charge in [-0.05, 0) is 25.1 Å². The number of hydrogen-bond donors (Lipinski definition) is 1. The summed E-state index contributed by atoms with van der Waals surface area (Å²) in [7, 11) is 5.41. The Hall–Kier alpha value is -1.26. The Morgan fingerprint density at radius 1 is 1.18 bits per heavy atom. The van der Waals surface area contributed by atoms with Gasteiger partial charge in [-0.3, -0.25) is 0 Å². The molecule has 0 saturated heterocycles. The molecule has 0 aromatic heterocycles. The summed E-state index contributed by atoms with van der Waals surface area (Å²) in [5, 5.41) is 0. The van der Waals surface area contributed by atoms with Gasteiger partial charge in [-0.2, -0.15) is 0 Å². The van der Waals surface area contributed by atoms with E-state index in [1.165, 1.54) is 5.56 Å². The van der Waals surface area contributed by atoms with E-state index in [1.54, 1.807) is 14.2 Å². The van der Waals surface area contributed by atoms with E-state index in [4.69, 9.17) is 15.2 Å². The second-order valence-electron chi connectivity index (χ2n) is 4.02. The van der Waals surface area contributed by atoms with Crippen molar-refractivity contribution in [1.82, 2.24) is 4.90 Å². The van der Waals surface area contributed by atoms with Gasteiger partial charge in [0.1, 0.15) is 11.5 Å². The summed E-state index contributed by atoms with van der Waals surface area (Å²) in [5.74, 6) is 1.70. The highest BCUT2D eigenvalue weighted by Crippen LogP contribution is 2.24. The number of benzene rings is 1. The van der Waals surface area contributed by atoms with E-state index in [9.17, 15) is 0 Å². The third kappa shape index (κ3) is 4.24. The van der Waals surface area contributed by atoms with Crippen molar-refractivity contribution in [2.75, 3.05) is 40.9 Å². The molecule has 0 radical (unpaired) electrons. The molecule has 17 heavy (non-hydrogen) atoms. The first-order valence-corrected chi connectivity index (χ1v) is 5.80. The third-order valence-electron chi connectivity index (χ3n) is 2.77. The van der Waals surface area contributed by atoms with Crippen LogP contribution in [0.4, 0.5) is 0 Å².